The van der Waals surface area contributed by atoms with E-state index in [1.165, 1.54) is 6.07 Å². The Hall–Kier alpha value is -1.89. The third-order valence-electron chi connectivity index (χ3n) is 2.94. The molecule has 0 spiro atoms. The summed E-state index contributed by atoms with van der Waals surface area (Å²) >= 11 is 0. The SMILES string of the molecule is CCN(CC)CCNc1nc(NC)ccc1[N+](=O)[O-]. The van der Waals surface area contributed by atoms with E-state index >= 15 is 0 Å². The smallest absolute Gasteiger partial charge is 0.311 e. The Labute approximate surface area is 113 Å². The molecule has 1 heterocycles. The molecule has 0 aliphatic carbocycles. The fourth-order valence-electron chi connectivity index (χ4n) is 1.74. The van der Waals surface area contributed by atoms with E-state index in [2.05, 4.69) is 34.4 Å². The highest BCUT2D eigenvalue weighted by Gasteiger charge is 2.15. The maximum absolute atomic E-state index is 10.9. The number of pyridine rings is 1. The molecule has 7 nitrogen and oxygen atoms in total. The van der Waals surface area contributed by atoms with Crippen molar-refractivity contribution in [2.45, 2.75) is 13.8 Å². The largest absolute Gasteiger partial charge is 0.373 e. The molecule has 1 aromatic heterocycles. The Morgan fingerprint density at radius 3 is 2.58 bits per heavy atom. The number of rotatable bonds is 8. The van der Waals surface area contributed by atoms with Gasteiger partial charge in [-0.3, -0.25) is 10.1 Å². The molecule has 2 N–H and O–H groups in total. The summed E-state index contributed by atoms with van der Waals surface area (Å²) in [4.78, 5) is 16.9. The van der Waals surface area contributed by atoms with Crippen molar-refractivity contribution in [2.24, 2.45) is 0 Å². The number of aromatic nitrogens is 1. The summed E-state index contributed by atoms with van der Waals surface area (Å²) < 4.78 is 0. The highest BCUT2D eigenvalue weighted by atomic mass is 16.6. The van der Waals surface area contributed by atoms with Crippen LogP contribution >= 0.6 is 0 Å². The first-order valence-corrected chi connectivity index (χ1v) is 6.41. The van der Waals surface area contributed by atoms with Gasteiger partial charge in [-0.2, -0.15) is 0 Å². The van der Waals surface area contributed by atoms with Crippen LogP contribution in [0.1, 0.15) is 13.8 Å². The van der Waals surface area contributed by atoms with Crippen LogP contribution in [0.15, 0.2) is 12.1 Å². The molecule has 0 atom stereocenters. The predicted molar refractivity (Wildman–Crippen MR) is 76.7 cm³/mol. The monoisotopic (exact) mass is 267 g/mol. The number of likely N-dealkylation sites (N-methyl/N-ethyl adjacent to an activating group) is 1. The van der Waals surface area contributed by atoms with Crippen molar-refractivity contribution < 1.29 is 4.92 Å². The summed E-state index contributed by atoms with van der Waals surface area (Å²) in [5.74, 6) is 0.917. The summed E-state index contributed by atoms with van der Waals surface area (Å²) in [6.07, 6.45) is 0. The lowest BCUT2D eigenvalue weighted by atomic mass is 10.3. The van der Waals surface area contributed by atoms with Crippen molar-refractivity contribution in [2.75, 3.05) is 43.9 Å². The van der Waals surface area contributed by atoms with Crippen molar-refractivity contribution in [1.82, 2.24) is 9.88 Å². The van der Waals surface area contributed by atoms with Gasteiger partial charge in [0.05, 0.1) is 4.92 Å². The van der Waals surface area contributed by atoms with E-state index in [0.717, 1.165) is 19.6 Å². The summed E-state index contributed by atoms with van der Waals surface area (Å²) in [5, 5.41) is 16.8. The Morgan fingerprint density at radius 1 is 1.37 bits per heavy atom. The van der Waals surface area contributed by atoms with Crippen LogP contribution in [0.5, 0.6) is 0 Å². The van der Waals surface area contributed by atoms with E-state index in [-0.39, 0.29) is 5.69 Å². The molecule has 0 saturated carbocycles. The van der Waals surface area contributed by atoms with Gasteiger partial charge in [-0.1, -0.05) is 13.8 Å². The molecule has 7 heteroatoms. The van der Waals surface area contributed by atoms with E-state index in [9.17, 15) is 10.1 Å². The zero-order chi connectivity index (χ0) is 14.3. The number of hydrogen-bond donors (Lipinski definition) is 2. The highest BCUT2D eigenvalue weighted by Crippen LogP contribution is 2.23. The fraction of sp³-hybridized carbons (Fsp3) is 0.583. The topological polar surface area (TPSA) is 83.3 Å². The molecule has 1 rings (SSSR count). The van der Waals surface area contributed by atoms with Gasteiger partial charge in [0.1, 0.15) is 5.82 Å². The minimum Gasteiger partial charge on any atom is -0.373 e. The maximum Gasteiger partial charge on any atom is 0.311 e. The zero-order valence-electron chi connectivity index (χ0n) is 11.6. The highest BCUT2D eigenvalue weighted by molar-refractivity contribution is 5.60. The van der Waals surface area contributed by atoms with Crippen molar-refractivity contribution >= 4 is 17.3 Å². The van der Waals surface area contributed by atoms with Crippen LogP contribution in [0, 0.1) is 10.1 Å². The number of nitrogens with zero attached hydrogens (tertiary/aromatic N) is 3. The van der Waals surface area contributed by atoms with Gasteiger partial charge in [0, 0.05) is 26.2 Å². The molecule has 106 valence electrons. The second-order valence-electron chi connectivity index (χ2n) is 4.02. The molecule has 0 aliphatic rings. The van der Waals surface area contributed by atoms with Crippen LogP contribution in [0.3, 0.4) is 0 Å². The first-order valence-electron chi connectivity index (χ1n) is 6.41. The molecule has 0 aliphatic heterocycles. The second-order valence-corrected chi connectivity index (χ2v) is 4.02. The molecular weight excluding hydrogens is 246 g/mol. The first kappa shape index (κ1) is 15.2. The summed E-state index contributed by atoms with van der Waals surface area (Å²) in [7, 11) is 1.73. The summed E-state index contributed by atoms with van der Waals surface area (Å²) in [5.41, 5.74) is -0.00135. The molecule has 0 radical (unpaired) electrons. The Kier molecular flexibility index (Phi) is 6.01. The van der Waals surface area contributed by atoms with E-state index in [1.807, 2.05) is 0 Å². The molecular formula is C12H21N5O2. The van der Waals surface area contributed by atoms with E-state index in [1.54, 1.807) is 13.1 Å². The van der Waals surface area contributed by atoms with Crippen LogP contribution in [0.4, 0.5) is 17.3 Å². The van der Waals surface area contributed by atoms with Gasteiger partial charge in [0.15, 0.2) is 0 Å². The Bertz CT molecular complexity index is 421. The number of hydrogen-bond acceptors (Lipinski definition) is 6. The van der Waals surface area contributed by atoms with Crippen molar-refractivity contribution in [3.8, 4) is 0 Å². The van der Waals surface area contributed by atoms with E-state index in [0.29, 0.717) is 18.2 Å². The first-order chi connectivity index (χ1) is 9.12. The van der Waals surface area contributed by atoms with Crippen LogP contribution in [0.25, 0.3) is 0 Å². The Balaban J connectivity index is 2.72. The van der Waals surface area contributed by atoms with Crippen LogP contribution < -0.4 is 10.6 Å². The number of nitrogens with one attached hydrogen (secondary N) is 2. The predicted octanol–water partition coefficient (Wildman–Crippen LogP) is 1.79. The maximum atomic E-state index is 10.9. The summed E-state index contributed by atoms with van der Waals surface area (Å²) in [6, 6.07) is 3.05. The second kappa shape index (κ2) is 7.52. The van der Waals surface area contributed by atoms with E-state index < -0.39 is 4.92 Å². The lowest BCUT2D eigenvalue weighted by molar-refractivity contribution is -0.384. The van der Waals surface area contributed by atoms with Crippen molar-refractivity contribution in [3.05, 3.63) is 22.2 Å². The Morgan fingerprint density at radius 2 is 2.05 bits per heavy atom. The number of anilines is 2. The molecule has 0 unspecified atom stereocenters. The van der Waals surface area contributed by atoms with Gasteiger partial charge >= 0.3 is 5.69 Å². The quantitative estimate of drug-likeness (QED) is 0.552. The zero-order valence-corrected chi connectivity index (χ0v) is 11.6. The lowest BCUT2D eigenvalue weighted by Gasteiger charge is -2.18. The van der Waals surface area contributed by atoms with Crippen LogP contribution in [0.2, 0.25) is 0 Å². The average molecular weight is 267 g/mol. The third kappa shape index (κ3) is 4.36. The van der Waals surface area contributed by atoms with Gasteiger partial charge in [-0.15, -0.1) is 0 Å². The van der Waals surface area contributed by atoms with Gasteiger partial charge in [-0.25, -0.2) is 4.98 Å². The minimum absolute atomic E-state index is 0.00135. The lowest BCUT2D eigenvalue weighted by Crippen LogP contribution is -2.28. The summed E-state index contributed by atoms with van der Waals surface area (Å²) in [6.45, 7) is 7.56. The molecule has 0 aromatic carbocycles. The van der Waals surface area contributed by atoms with Gasteiger partial charge < -0.3 is 15.5 Å². The normalized spacial score (nSPS) is 10.5. The van der Waals surface area contributed by atoms with Crippen LogP contribution in [-0.2, 0) is 0 Å². The van der Waals surface area contributed by atoms with Crippen molar-refractivity contribution in [3.63, 3.8) is 0 Å². The third-order valence-corrected chi connectivity index (χ3v) is 2.94. The van der Waals surface area contributed by atoms with Crippen molar-refractivity contribution in [1.29, 1.82) is 0 Å². The van der Waals surface area contributed by atoms with Gasteiger partial charge in [0.2, 0.25) is 5.82 Å². The average Bonchev–Trinajstić information content (AvgIpc) is 2.43. The fourth-order valence-corrected chi connectivity index (χ4v) is 1.74. The number of nitro groups is 1. The standard InChI is InChI=1S/C12H21N5O2/c1-4-16(5-2)9-8-14-12-10(17(18)19)6-7-11(13-3)15-12/h6-7H,4-5,8-9H2,1-3H3,(H2,13,14,15). The molecule has 1 aromatic rings. The van der Waals surface area contributed by atoms with Gasteiger partial charge in [0.25, 0.3) is 0 Å². The van der Waals surface area contributed by atoms with Gasteiger partial charge in [-0.05, 0) is 19.2 Å². The van der Waals surface area contributed by atoms with E-state index in [4.69, 9.17) is 0 Å². The molecule has 0 amide bonds. The molecule has 0 bridgehead atoms. The molecule has 0 fully saturated rings. The van der Waals surface area contributed by atoms with Crippen LogP contribution in [-0.4, -0.2) is 48.0 Å². The molecule has 19 heavy (non-hydrogen) atoms. The molecule has 0 saturated heterocycles. The minimum atomic E-state index is -0.424.